The molecule has 1 heterocycles. The number of halogens is 1. The van der Waals surface area contributed by atoms with Crippen molar-refractivity contribution in [1.82, 2.24) is 9.62 Å². The lowest BCUT2D eigenvalue weighted by atomic mass is 10.2. The Morgan fingerprint density at radius 1 is 1.29 bits per heavy atom. The molecule has 0 amide bonds. The van der Waals surface area contributed by atoms with Crippen LogP contribution < -0.4 is 5.32 Å². The molecule has 7 heteroatoms. The summed E-state index contributed by atoms with van der Waals surface area (Å²) in [7, 11) is -0.738. The highest BCUT2D eigenvalue weighted by Crippen LogP contribution is 2.21. The second-order valence-corrected chi connectivity index (χ2v) is 6.70. The van der Waals surface area contributed by atoms with Crippen LogP contribution in [0.4, 0.5) is 4.39 Å². The van der Waals surface area contributed by atoms with Crippen molar-refractivity contribution >= 4 is 10.0 Å². The van der Waals surface area contributed by atoms with Crippen molar-refractivity contribution in [3.63, 3.8) is 0 Å². The summed E-state index contributed by atoms with van der Waals surface area (Å²) in [5.74, 6) is -0.748. The van der Waals surface area contributed by atoms with Crippen molar-refractivity contribution in [3.05, 3.63) is 53.7 Å². The minimum atomic E-state index is -3.88. The summed E-state index contributed by atoms with van der Waals surface area (Å²) in [6, 6.07) is 5.79. The van der Waals surface area contributed by atoms with Gasteiger partial charge in [-0.25, -0.2) is 12.8 Å². The molecule has 2 aromatic rings. The molecule has 0 bridgehead atoms. The maximum atomic E-state index is 14.1. The monoisotopic (exact) mass is 312 g/mol. The number of nitrogens with zero attached hydrogens (tertiary/aromatic N) is 1. The summed E-state index contributed by atoms with van der Waals surface area (Å²) in [5.41, 5.74) is 1.39. The first-order valence-corrected chi connectivity index (χ1v) is 7.79. The van der Waals surface area contributed by atoms with Crippen LogP contribution in [-0.2, 0) is 23.1 Å². The number of furan rings is 1. The zero-order valence-electron chi connectivity index (χ0n) is 11.8. The number of hydrogen-bond acceptors (Lipinski definition) is 4. The first-order chi connectivity index (χ1) is 9.95. The van der Waals surface area contributed by atoms with E-state index >= 15 is 0 Å². The number of nitrogens with one attached hydrogen (secondary N) is 1. The summed E-state index contributed by atoms with van der Waals surface area (Å²) < 4.78 is 44.8. The lowest BCUT2D eigenvalue weighted by Crippen LogP contribution is -2.27. The van der Waals surface area contributed by atoms with Gasteiger partial charge in [-0.3, -0.25) is 0 Å². The van der Waals surface area contributed by atoms with Crippen LogP contribution in [0, 0.1) is 5.82 Å². The van der Waals surface area contributed by atoms with Gasteiger partial charge < -0.3 is 9.73 Å². The van der Waals surface area contributed by atoms with E-state index in [4.69, 9.17) is 4.42 Å². The third-order valence-electron chi connectivity index (χ3n) is 3.05. The predicted octanol–water partition coefficient (Wildman–Crippen LogP) is 1.96. The molecule has 0 aliphatic heterocycles. The maximum absolute atomic E-state index is 14.1. The van der Waals surface area contributed by atoms with Crippen LogP contribution in [0.1, 0.15) is 11.1 Å². The largest absolute Gasteiger partial charge is 0.472 e. The highest BCUT2D eigenvalue weighted by Gasteiger charge is 2.24. The van der Waals surface area contributed by atoms with Gasteiger partial charge in [0, 0.05) is 25.7 Å². The molecule has 2 rings (SSSR count). The van der Waals surface area contributed by atoms with Gasteiger partial charge in [-0.15, -0.1) is 0 Å². The van der Waals surface area contributed by atoms with Crippen LogP contribution in [0.15, 0.2) is 46.1 Å². The Hall–Kier alpha value is -1.70. The number of hydrogen-bond donors (Lipinski definition) is 1. The topological polar surface area (TPSA) is 62.6 Å². The van der Waals surface area contributed by atoms with Crippen molar-refractivity contribution in [2.45, 2.75) is 18.0 Å². The summed E-state index contributed by atoms with van der Waals surface area (Å²) in [5, 5.41) is 2.88. The molecule has 0 atom stereocenters. The maximum Gasteiger partial charge on any atom is 0.246 e. The molecule has 5 nitrogen and oxygen atoms in total. The van der Waals surface area contributed by atoms with Gasteiger partial charge in [0.05, 0.1) is 12.5 Å². The molecule has 1 N–H and O–H groups in total. The first-order valence-electron chi connectivity index (χ1n) is 6.35. The molecule has 0 unspecified atom stereocenters. The highest BCUT2D eigenvalue weighted by molar-refractivity contribution is 7.89. The normalized spacial score (nSPS) is 12.0. The van der Waals surface area contributed by atoms with Gasteiger partial charge in [-0.05, 0) is 30.8 Å². The van der Waals surface area contributed by atoms with E-state index in [1.807, 2.05) is 0 Å². The SMILES string of the molecule is CNCc1ccc(S(=O)(=O)N(C)Cc2ccoc2)c(F)c1. The fraction of sp³-hybridized carbons (Fsp3) is 0.286. The zero-order chi connectivity index (χ0) is 15.5. The second kappa shape index (κ2) is 6.38. The number of benzene rings is 1. The fourth-order valence-electron chi connectivity index (χ4n) is 1.96. The standard InChI is InChI=1S/C14H17FN2O3S/c1-16-8-11-3-4-14(13(15)7-11)21(18,19)17(2)9-12-5-6-20-10-12/h3-7,10,16H,8-9H2,1-2H3. The van der Waals surface area contributed by atoms with Crippen molar-refractivity contribution in [3.8, 4) is 0 Å². The van der Waals surface area contributed by atoms with Gasteiger partial charge in [0.1, 0.15) is 10.7 Å². The number of sulfonamides is 1. The highest BCUT2D eigenvalue weighted by atomic mass is 32.2. The molecule has 0 saturated carbocycles. The van der Waals surface area contributed by atoms with Gasteiger partial charge in [0.15, 0.2) is 0 Å². The average Bonchev–Trinajstić information content (AvgIpc) is 2.91. The molecule has 1 aromatic heterocycles. The number of rotatable bonds is 6. The van der Waals surface area contributed by atoms with E-state index in [0.717, 1.165) is 4.31 Å². The molecular formula is C14H17FN2O3S. The van der Waals surface area contributed by atoms with Crippen LogP contribution in [0.5, 0.6) is 0 Å². The third-order valence-corrected chi connectivity index (χ3v) is 4.89. The van der Waals surface area contributed by atoms with Crippen LogP contribution in [0.2, 0.25) is 0 Å². The smallest absolute Gasteiger partial charge is 0.246 e. The molecule has 0 aliphatic rings. The van der Waals surface area contributed by atoms with Gasteiger partial charge in [0.2, 0.25) is 10.0 Å². The zero-order valence-corrected chi connectivity index (χ0v) is 12.7. The average molecular weight is 312 g/mol. The van der Waals surface area contributed by atoms with Gasteiger partial charge in [-0.2, -0.15) is 4.31 Å². The molecule has 0 aliphatic carbocycles. The van der Waals surface area contributed by atoms with Crippen LogP contribution in [0.3, 0.4) is 0 Å². The Morgan fingerprint density at radius 3 is 2.62 bits per heavy atom. The molecule has 0 spiro atoms. The molecule has 114 valence electrons. The molecule has 0 fully saturated rings. The Kier molecular flexibility index (Phi) is 4.76. The summed E-state index contributed by atoms with van der Waals surface area (Å²) in [6.07, 6.45) is 2.92. The van der Waals surface area contributed by atoms with Gasteiger partial charge in [0.25, 0.3) is 0 Å². The lowest BCUT2D eigenvalue weighted by Gasteiger charge is -2.17. The van der Waals surface area contributed by atoms with Crippen molar-refractivity contribution < 1.29 is 17.2 Å². The van der Waals surface area contributed by atoms with Crippen LogP contribution in [-0.4, -0.2) is 26.8 Å². The quantitative estimate of drug-likeness (QED) is 0.886. The van der Waals surface area contributed by atoms with Crippen LogP contribution >= 0.6 is 0 Å². The van der Waals surface area contributed by atoms with Gasteiger partial charge in [-0.1, -0.05) is 6.07 Å². The predicted molar refractivity (Wildman–Crippen MR) is 76.5 cm³/mol. The van der Waals surface area contributed by atoms with E-state index < -0.39 is 15.8 Å². The minimum Gasteiger partial charge on any atom is -0.472 e. The van der Waals surface area contributed by atoms with Crippen molar-refractivity contribution in [2.24, 2.45) is 0 Å². The second-order valence-electron chi connectivity index (χ2n) is 4.69. The molecule has 1 aromatic carbocycles. The van der Waals surface area contributed by atoms with E-state index in [0.29, 0.717) is 17.7 Å². The Bertz CT molecular complexity index is 699. The molecule has 0 saturated heterocycles. The van der Waals surface area contributed by atoms with E-state index in [-0.39, 0.29) is 11.4 Å². The van der Waals surface area contributed by atoms with E-state index in [2.05, 4.69) is 5.32 Å². The Labute approximate surface area is 123 Å². The molecule has 21 heavy (non-hydrogen) atoms. The summed E-state index contributed by atoms with van der Waals surface area (Å²) in [6.45, 7) is 0.596. The van der Waals surface area contributed by atoms with Crippen molar-refractivity contribution in [1.29, 1.82) is 0 Å². The first kappa shape index (κ1) is 15.7. The Balaban J connectivity index is 2.26. The lowest BCUT2D eigenvalue weighted by molar-refractivity contribution is 0.457. The summed E-state index contributed by atoms with van der Waals surface area (Å²) in [4.78, 5) is -0.326. The third kappa shape index (κ3) is 3.49. The Morgan fingerprint density at radius 2 is 2.05 bits per heavy atom. The van der Waals surface area contributed by atoms with Crippen molar-refractivity contribution in [2.75, 3.05) is 14.1 Å². The van der Waals surface area contributed by atoms with E-state index in [1.165, 1.54) is 31.7 Å². The van der Waals surface area contributed by atoms with E-state index in [1.54, 1.807) is 19.2 Å². The van der Waals surface area contributed by atoms with Gasteiger partial charge >= 0.3 is 0 Å². The minimum absolute atomic E-state index is 0.122. The van der Waals surface area contributed by atoms with E-state index in [9.17, 15) is 12.8 Å². The molecule has 0 radical (unpaired) electrons. The fourth-order valence-corrected chi connectivity index (χ4v) is 3.16. The molecular weight excluding hydrogens is 295 g/mol. The van der Waals surface area contributed by atoms with Crippen LogP contribution in [0.25, 0.3) is 0 Å². The summed E-state index contributed by atoms with van der Waals surface area (Å²) >= 11 is 0.